The molecule has 0 amide bonds. The van der Waals surface area contributed by atoms with Crippen molar-refractivity contribution in [1.29, 1.82) is 0 Å². The van der Waals surface area contributed by atoms with Crippen LogP contribution in [0.2, 0.25) is 0 Å². The van der Waals surface area contributed by atoms with Gasteiger partial charge >= 0.3 is 0 Å². The third kappa shape index (κ3) is 6.44. The molecule has 0 spiro atoms. The maximum atomic E-state index is 5.48. The summed E-state index contributed by atoms with van der Waals surface area (Å²) >= 11 is 0. The van der Waals surface area contributed by atoms with E-state index >= 15 is 0 Å². The second-order valence-corrected chi connectivity index (χ2v) is 7.24. The number of hydrogen-bond acceptors (Lipinski definition) is 3. The Morgan fingerprint density at radius 2 is 1.70 bits per heavy atom. The number of likely N-dealkylation sites (tertiary alicyclic amines) is 1. The highest BCUT2D eigenvalue weighted by Gasteiger charge is 2.19. The van der Waals surface area contributed by atoms with Crippen LogP contribution in [0.4, 0.5) is 0 Å². The number of rotatable bonds is 8. The number of aryl methyl sites for hydroxylation is 1. The lowest BCUT2D eigenvalue weighted by Gasteiger charge is -2.32. The van der Waals surface area contributed by atoms with Crippen LogP contribution in [0, 0.1) is 5.92 Å². The molecule has 0 aliphatic carbocycles. The normalized spacial score (nSPS) is 15.2. The van der Waals surface area contributed by atoms with Crippen molar-refractivity contribution in [2.45, 2.75) is 32.1 Å². The molecule has 3 rings (SSSR count). The molecule has 1 heterocycles. The molecule has 3 nitrogen and oxygen atoms in total. The van der Waals surface area contributed by atoms with E-state index in [4.69, 9.17) is 9.47 Å². The SMILES string of the molecule is COc1cccc(CCN2CCC(CCc3ccccc3OC)CC2)c1.Cl. The van der Waals surface area contributed by atoms with Crippen molar-refractivity contribution >= 4 is 12.4 Å². The molecule has 0 atom stereocenters. The van der Waals surface area contributed by atoms with Crippen LogP contribution in [0.5, 0.6) is 11.5 Å². The van der Waals surface area contributed by atoms with Gasteiger partial charge in [0.1, 0.15) is 11.5 Å². The lowest BCUT2D eigenvalue weighted by Crippen LogP contribution is -2.35. The van der Waals surface area contributed by atoms with E-state index in [0.717, 1.165) is 36.8 Å². The third-order valence-electron chi connectivity index (χ3n) is 5.57. The largest absolute Gasteiger partial charge is 0.497 e. The highest BCUT2D eigenvalue weighted by atomic mass is 35.5. The van der Waals surface area contributed by atoms with Crippen molar-refractivity contribution in [3.63, 3.8) is 0 Å². The van der Waals surface area contributed by atoms with E-state index in [0.29, 0.717) is 0 Å². The van der Waals surface area contributed by atoms with Gasteiger partial charge in [-0.05, 0) is 80.4 Å². The average molecular weight is 390 g/mol. The number of methoxy groups -OCH3 is 2. The van der Waals surface area contributed by atoms with E-state index in [-0.39, 0.29) is 12.4 Å². The van der Waals surface area contributed by atoms with E-state index in [9.17, 15) is 0 Å². The van der Waals surface area contributed by atoms with Gasteiger partial charge in [0.2, 0.25) is 0 Å². The molecule has 0 radical (unpaired) electrons. The summed E-state index contributed by atoms with van der Waals surface area (Å²) in [5.41, 5.74) is 2.71. The van der Waals surface area contributed by atoms with Crippen LogP contribution in [-0.4, -0.2) is 38.8 Å². The van der Waals surface area contributed by atoms with Gasteiger partial charge in [0.15, 0.2) is 0 Å². The first-order chi connectivity index (χ1) is 12.8. The fraction of sp³-hybridized carbons (Fsp3) is 0.478. The molecular weight excluding hydrogens is 358 g/mol. The highest BCUT2D eigenvalue weighted by Crippen LogP contribution is 2.26. The van der Waals surface area contributed by atoms with Crippen molar-refractivity contribution in [3.8, 4) is 11.5 Å². The minimum absolute atomic E-state index is 0. The molecule has 4 heteroatoms. The van der Waals surface area contributed by atoms with Crippen LogP contribution in [0.25, 0.3) is 0 Å². The van der Waals surface area contributed by atoms with Crippen LogP contribution in [0.15, 0.2) is 48.5 Å². The summed E-state index contributed by atoms with van der Waals surface area (Å²) in [6.45, 7) is 3.59. The smallest absolute Gasteiger partial charge is 0.122 e. The standard InChI is InChI=1S/C23H31NO2.ClH/c1-25-22-8-5-6-20(18-22)14-17-24-15-12-19(13-16-24)10-11-21-7-3-4-9-23(21)26-2;/h3-9,18-19H,10-17H2,1-2H3;1H. The van der Waals surface area contributed by atoms with E-state index in [1.165, 1.54) is 43.5 Å². The van der Waals surface area contributed by atoms with Crippen molar-refractivity contribution in [1.82, 2.24) is 4.90 Å². The quantitative estimate of drug-likeness (QED) is 0.633. The van der Waals surface area contributed by atoms with Crippen LogP contribution >= 0.6 is 12.4 Å². The molecule has 0 unspecified atom stereocenters. The zero-order chi connectivity index (χ0) is 18.2. The number of nitrogens with zero attached hydrogens (tertiary/aromatic N) is 1. The number of hydrogen-bond donors (Lipinski definition) is 0. The number of benzene rings is 2. The maximum Gasteiger partial charge on any atom is 0.122 e. The third-order valence-corrected chi connectivity index (χ3v) is 5.57. The summed E-state index contributed by atoms with van der Waals surface area (Å²) in [5, 5.41) is 0. The molecule has 1 fully saturated rings. The number of ether oxygens (including phenoxy) is 2. The molecule has 1 aliphatic rings. The van der Waals surface area contributed by atoms with E-state index in [2.05, 4.69) is 41.3 Å². The Kier molecular flexibility index (Phi) is 8.96. The van der Waals surface area contributed by atoms with Gasteiger partial charge in [-0.1, -0.05) is 30.3 Å². The van der Waals surface area contributed by atoms with Gasteiger partial charge < -0.3 is 14.4 Å². The van der Waals surface area contributed by atoms with Gasteiger partial charge in [-0.15, -0.1) is 12.4 Å². The molecular formula is C23H32ClNO2. The molecule has 0 saturated carbocycles. The zero-order valence-corrected chi connectivity index (χ0v) is 17.3. The molecule has 27 heavy (non-hydrogen) atoms. The van der Waals surface area contributed by atoms with Gasteiger partial charge in [-0.25, -0.2) is 0 Å². The fourth-order valence-corrected chi connectivity index (χ4v) is 3.88. The number of piperidine rings is 1. The van der Waals surface area contributed by atoms with E-state index in [1.807, 2.05) is 12.1 Å². The first-order valence-electron chi connectivity index (χ1n) is 9.75. The highest BCUT2D eigenvalue weighted by molar-refractivity contribution is 5.85. The Morgan fingerprint density at radius 1 is 0.926 bits per heavy atom. The maximum absolute atomic E-state index is 5.48. The van der Waals surface area contributed by atoms with Gasteiger partial charge in [0, 0.05) is 6.54 Å². The minimum atomic E-state index is 0. The Labute approximate surface area is 170 Å². The lowest BCUT2D eigenvalue weighted by atomic mass is 9.90. The van der Waals surface area contributed by atoms with Gasteiger partial charge in [0.05, 0.1) is 14.2 Å². The average Bonchev–Trinajstić information content (AvgIpc) is 2.72. The van der Waals surface area contributed by atoms with Crippen LogP contribution < -0.4 is 9.47 Å². The summed E-state index contributed by atoms with van der Waals surface area (Å²) in [6, 6.07) is 16.9. The minimum Gasteiger partial charge on any atom is -0.497 e. The van der Waals surface area contributed by atoms with Gasteiger partial charge in [0.25, 0.3) is 0 Å². The molecule has 1 saturated heterocycles. The monoisotopic (exact) mass is 389 g/mol. The molecule has 2 aromatic rings. The van der Waals surface area contributed by atoms with Crippen molar-refractivity contribution in [2.75, 3.05) is 33.9 Å². The molecule has 2 aromatic carbocycles. The first kappa shape index (κ1) is 21.6. The Bertz CT molecular complexity index is 684. The van der Waals surface area contributed by atoms with Crippen LogP contribution in [0.3, 0.4) is 0 Å². The Hall–Kier alpha value is -1.71. The predicted molar refractivity (Wildman–Crippen MR) is 114 cm³/mol. The molecule has 0 aromatic heterocycles. The zero-order valence-electron chi connectivity index (χ0n) is 16.5. The topological polar surface area (TPSA) is 21.7 Å². The summed E-state index contributed by atoms with van der Waals surface area (Å²) in [4.78, 5) is 2.61. The van der Waals surface area contributed by atoms with Gasteiger partial charge in [-0.3, -0.25) is 0 Å². The molecule has 0 N–H and O–H groups in total. The summed E-state index contributed by atoms with van der Waals surface area (Å²) in [6.07, 6.45) is 6.12. The van der Waals surface area contributed by atoms with E-state index in [1.54, 1.807) is 14.2 Å². The summed E-state index contributed by atoms with van der Waals surface area (Å²) < 4.78 is 10.8. The molecule has 1 aliphatic heterocycles. The van der Waals surface area contributed by atoms with Crippen molar-refractivity contribution < 1.29 is 9.47 Å². The van der Waals surface area contributed by atoms with Crippen LogP contribution in [-0.2, 0) is 12.8 Å². The number of para-hydroxylation sites is 1. The lowest BCUT2D eigenvalue weighted by molar-refractivity contribution is 0.181. The second-order valence-electron chi connectivity index (χ2n) is 7.24. The number of halogens is 1. The van der Waals surface area contributed by atoms with Gasteiger partial charge in [-0.2, -0.15) is 0 Å². The fourth-order valence-electron chi connectivity index (χ4n) is 3.88. The van der Waals surface area contributed by atoms with Crippen molar-refractivity contribution in [2.24, 2.45) is 5.92 Å². The molecule has 0 bridgehead atoms. The van der Waals surface area contributed by atoms with E-state index < -0.39 is 0 Å². The second kappa shape index (κ2) is 11.2. The Balaban J connectivity index is 0.00000261. The Morgan fingerprint density at radius 3 is 2.44 bits per heavy atom. The summed E-state index contributed by atoms with van der Waals surface area (Å²) in [7, 11) is 3.49. The predicted octanol–water partition coefficient (Wildman–Crippen LogP) is 5.01. The first-order valence-corrected chi connectivity index (χ1v) is 9.75. The summed E-state index contributed by atoms with van der Waals surface area (Å²) in [5.74, 6) is 2.83. The van der Waals surface area contributed by atoms with Crippen LogP contribution in [0.1, 0.15) is 30.4 Å². The van der Waals surface area contributed by atoms with Crippen molar-refractivity contribution in [3.05, 3.63) is 59.7 Å². The molecule has 148 valence electrons.